The Hall–Kier alpha value is -3.94. The molecule has 0 unspecified atom stereocenters. The highest BCUT2D eigenvalue weighted by Crippen LogP contribution is 2.49. The van der Waals surface area contributed by atoms with Gasteiger partial charge in [-0.25, -0.2) is 0 Å². The van der Waals surface area contributed by atoms with E-state index in [4.69, 9.17) is 0 Å². The van der Waals surface area contributed by atoms with Gasteiger partial charge in [0.05, 0.1) is 15.7 Å². The van der Waals surface area contributed by atoms with Crippen molar-refractivity contribution in [2.75, 3.05) is 0 Å². The van der Waals surface area contributed by atoms with Crippen LogP contribution in [-0.2, 0) is 5.41 Å². The Morgan fingerprint density at radius 2 is 0.800 bits per heavy atom. The van der Waals surface area contributed by atoms with Crippen LogP contribution in [0, 0.1) is 0 Å². The third kappa shape index (κ3) is 3.51. The van der Waals surface area contributed by atoms with Gasteiger partial charge in [0, 0.05) is 0 Å². The predicted octanol–water partition coefficient (Wildman–Crippen LogP) is 8.55. The second-order valence-corrected chi connectivity index (χ2v) is 9.43. The summed E-state index contributed by atoms with van der Waals surface area (Å²) in [4.78, 5) is 0. The van der Waals surface area contributed by atoms with E-state index >= 15 is 0 Å². The van der Waals surface area contributed by atoms with E-state index in [0.29, 0.717) is 0 Å². The molecule has 6 aromatic carbocycles. The Labute approximate surface area is 210 Å². The standard InChI is InChI=1S/C34H25Si/c35-24-10-23-34(31-20-7-14-25-11-1-4-17-28(25)31,32-21-8-15-26-12-2-5-18-29(26)32)33-22-9-16-27-13-3-6-19-30(27)33/h1-22,24H,23H2. The van der Waals surface area contributed by atoms with Gasteiger partial charge < -0.3 is 0 Å². The summed E-state index contributed by atoms with van der Waals surface area (Å²) in [7, 11) is 3.64. The largest absolute Gasteiger partial charge is 0.106 e. The molecule has 0 N–H and O–H groups in total. The van der Waals surface area contributed by atoms with Crippen LogP contribution in [0.15, 0.2) is 139 Å². The molecule has 0 spiro atoms. The van der Waals surface area contributed by atoms with Crippen molar-refractivity contribution in [3.05, 3.63) is 156 Å². The molecule has 0 amide bonds. The van der Waals surface area contributed by atoms with Gasteiger partial charge in [-0.1, -0.05) is 133 Å². The normalized spacial score (nSPS) is 12.1. The Balaban J connectivity index is 1.85. The van der Waals surface area contributed by atoms with Crippen molar-refractivity contribution in [3.63, 3.8) is 0 Å². The van der Waals surface area contributed by atoms with Gasteiger partial charge in [-0.2, -0.15) is 0 Å². The van der Waals surface area contributed by atoms with E-state index in [1.54, 1.807) is 0 Å². The maximum absolute atomic E-state index is 3.64. The van der Waals surface area contributed by atoms with Gasteiger partial charge >= 0.3 is 0 Å². The molecule has 0 bridgehead atoms. The third-order valence-corrected chi connectivity index (χ3v) is 7.53. The van der Waals surface area contributed by atoms with E-state index < -0.39 is 5.41 Å². The second-order valence-electron chi connectivity index (χ2n) is 9.09. The fourth-order valence-corrected chi connectivity index (χ4v) is 5.91. The summed E-state index contributed by atoms with van der Waals surface area (Å²) in [6.07, 6.45) is 3.08. The van der Waals surface area contributed by atoms with Crippen molar-refractivity contribution < 1.29 is 0 Å². The lowest BCUT2D eigenvalue weighted by Gasteiger charge is -2.38. The highest BCUT2D eigenvalue weighted by molar-refractivity contribution is 6.17. The van der Waals surface area contributed by atoms with E-state index in [1.165, 1.54) is 49.0 Å². The molecule has 0 aliphatic rings. The summed E-state index contributed by atoms with van der Waals surface area (Å²) in [5, 5.41) is 7.65. The SMILES string of the molecule is [Si]C=CCC(c1cccc2ccccc12)(c1cccc2ccccc12)c1cccc2ccccc12. The van der Waals surface area contributed by atoms with E-state index in [2.05, 4.69) is 144 Å². The van der Waals surface area contributed by atoms with Crippen molar-refractivity contribution in [3.8, 4) is 0 Å². The lowest BCUT2D eigenvalue weighted by atomic mass is 9.64. The van der Waals surface area contributed by atoms with Crippen LogP contribution in [0.25, 0.3) is 32.3 Å². The molecule has 0 aromatic heterocycles. The van der Waals surface area contributed by atoms with Crippen LogP contribution >= 0.6 is 0 Å². The molecule has 0 aliphatic heterocycles. The number of hydrogen-bond donors (Lipinski definition) is 0. The molecular formula is C34H25Si. The number of allylic oxidation sites excluding steroid dienone is 1. The van der Waals surface area contributed by atoms with Crippen LogP contribution in [0.2, 0.25) is 0 Å². The minimum Gasteiger partial charge on any atom is -0.106 e. The first-order valence-corrected chi connectivity index (χ1v) is 12.7. The fraction of sp³-hybridized carbons (Fsp3) is 0.0588. The maximum atomic E-state index is 3.64. The van der Waals surface area contributed by atoms with Crippen molar-refractivity contribution in [2.45, 2.75) is 11.8 Å². The van der Waals surface area contributed by atoms with Crippen LogP contribution in [0.4, 0.5) is 0 Å². The van der Waals surface area contributed by atoms with Gasteiger partial charge in [-0.15, -0.1) is 5.70 Å². The molecule has 1 heteroatoms. The van der Waals surface area contributed by atoms with E-state index in [-0.39, 0.29) is 0 Å². The lowest BCUT2D eigenvalue weighted by Crippen LogP contribution is -2.30. The first-order valence-electron chi connectivity index (χ1n) is 12.1. The zero-order valence-electron chi connectivity index (χ0n) is 19.5. The molecule has 6 rings (SSSR count). The van der Waals surface area contributed by atoms with Gasteiger partial charge in [0.2, 0.25) is 0 Å². The average Bonchev–Trinajstić information content (AvgIpc) is 2.93. The number of hydrogen-bond acceptors (Lipinski definition) is 0. The molecule has 0 fully saturated rings. The first kappa shape index (κ1) is 21.6. The quantitative estimate of drug-likeness (QED) is 0.178. The number of benzene rings is 6. The Morgan fingerprint density at radius 3 is 1.17 bits per heavy atom. The van der Waals surface area contributed by atoms with Gasteiger partial charge in [0.25, 0.3) is 0 Å². The zero-order chi connectivity index (χ0) is 23.7. The molecule has 0 nitrogen and oxygen atoms in total. The summed E-state index contributed by atoms with van der Waals surface area (Å²) in [6.45, 7) is 0. The molecular weight excluding hydrogens is 436 g/mol. The maximum Gasteiger partial charge on any atom is 0.0596 e. The summed E-state index contributed by atoms with van der Waals surface area (Å²) in [5.41, 5.74) is 5.58. The van der Waals surface area contributed by atoms with Crippen molar-refractivity contribution in [2.24, 2.45) is 0 Å². The van der Waals surface area contributed by atoms with Crippen LogP contribution in [0.3, 0.4) is 0 Å². The molecule has 6 aromatic rings. The zero-order valence-corrected chi connectivity index (χ0v) is 20.5. The van der Waals surface area contributed by atoms with E-state index in [1.807, 2.05) is 5.70 Å². The highest BCUT2D eigenvalue weighted by Gasteiger charge is 2.38. The van der Waals surface area contributed by atoms with Crippen LogP contribution in [-0.4, -0.2) is 10.2 Å². The topological polar surface area (TPSA) is 0 Å². The van der Waals surface area contributed by atoms with Crippen LogP contribution in [0.5, 0.6) is 0 Å². The summed E-state index contributed by atoms with van der Waals surface area (Å²) in [6, 6.07) is 46.6. The van der Waals surface area contributed by atoms with E-state index in [0.717, 1.165) is 6.42 Å². The van der Waals surface area contributed by atoms with Crippen LogP contribution in [0.1, 0.15) is 23.1 Å². The lowest BCUT2D eigenvalue weighted by molar-refractivity contribution is 0.645. The Bertz CT molecular complexity index is 1490. The summed E-state index contributed by atoms with van der Waals surface area (Å²) < 4.78 is 0. The summed E-state index contributed by atoms with van der Waals surface area (Å²) >= 11 is 0. The molecule has 35 heavy (non-hydrogen) atoms. The van der Waals surface area contributed by atoms with Gasteiger partial charge in [-0.3, -0.25) is 0 Å². The number of fused-ring (bicyclic) bond motifs is 3. The molecule has 0 heterocycles. The van der Waals surface area contributed by atoms with Gasteiger partial charge in [0.15, 0.2) is 0 Å². The first-order chi connectivity index (χ1) is 17.3. The van der Waals surface area contributed by atoms with Gasteiger partial charge in [0.1, 0.15) is 0 Å². The van der Waals surface area contributed by atoms with Crippen molar-refractivity contribution >= 4 is 42.6 Å². The average molecular weight is 462 g/mol. The Kier molecular flexibility index (Phi) is 5.56. The highest BCUT2D eigenvalue weighted by atomic mass is 28.1. The van der Waals surface area contributed by atoms with Crippen molar-refractivity contribution in [1.29, 1.82) is 0 Å². The molecule has 165 valence electrons. The molecule has 0 saturated carbocycles. The van der Waals surface area contributed by atoms with Gasteiger partial charge in [-0.05, 0) is 55.4 Å². The van der Waals surface area contributed by atoms with Crippen LogP contribution < -0.4 is 0 Å². The smallest absolute Gasteiger partial charge is 0.0596 e. The second kappa shape index (κ2) is 9.01. The number of rotatable bonds is 5. The minimum absolute atomic E-state index is 0.397. The van der Waals surface area contributed by atoms with E-state index in [9.17, 15) is 0 Å². The third-order valence-electron chi connectivity index (χ3n) is 7.29. The molecule has 0 aliphatic carbocycles. The predicted molar refractivity (Wildman–Crippen MR) is 151 cm³/mol. The monoisotopic (exact) mass is 461 g/mol. The molecule has 0 saturated heterocycles. The fourth-order valence-electron chi connectivity index (χ4n) is 5.79. The minimum atomic E-state index is -0.397. The molecule has 0 atom stereocenters. The summed E-state index contributed by atoms with van der Waals surface area (Å²) in [5.74, 6) is 0. The van der Waals surface area contributed by atoms with Crippen molar-refractivity contribution in [1.82, 2.24) is 0 Å². The molecule has 3 radical (unpaired) electrons. The Morgan fingerprint density at radius 1 is 0.457 bits per heavy atom.